The van der Waals surface area contributed by atoms with Gasteiger partial charge in [0.25, 0.3) is 0 Å². The highest BCUT2D eigenvalue weighted by molar-refractivity contribution is 5.74. The van der Waals surface area contributed by atoms with Crippen LogP contribution < -0.4 is 0 Å². The van der Waals surface area contributed by atoms with Crippen molar-refractivity contribution in [3.05, 3.63) is 35.9 Å². The van der Waals surface area contributed by atoms with Crippen molar-refractivity contribution >= 4 is 6.03 Å². The molecule has 3 nitrogen and oxygen atoms in total. The van der Waals surface area contributed by atoms with Crippen LogP contribution in [0.2, 0.25) is 0 Å². The molecule has 0 fully saturated rings. The van der Waals surface area contributed by atoms with Crippen molar-refractivity contribution in [2.24, 2.45) is 0 Å². The SMILES string of the molecule is CCN(CC)C(=O)N(C)Cc1ccccc1. The van der Waals surface area contributed by atoms with E-state index in [1.54, 1.807) is 4.90 Å². The number of benzene rings is 1. The Hall–Kier alpha value is -1.51. The van der Waals surface area contributed by atoms with E-state index >= 15 is 0 Å². The second-order valence-corrected chi connectivity index (χ2v) is 3.80. The highest BCUT2D eigenvalue weighted by Gasteiger charge is 2.14. The summed E-state index contributed by atoms with van der Waals surface area (Å²) in [5.74, 6) is 0. The lowest BCUT2D eigenvalue weighted by Gasteiger charge is -2.26. The minimum absolute atomic E-state index is 0.0915. The maximum atomic E-state index is 12.0. The average Bonchev–Trinajstić information content (AvgIpc) is 2.31. The monoisotopic (exact) mass is 220 g/mol. The molecule has 0 radical (unpaired) electrons. The van der Waals surface area contributed by atoms with Gasteiger partial charge in [-0.05, 0) is 19.4 Å². The minimum Gasteiger partial charge on any atom is -0.325 e. The van der Waals surface area contributed by atoms with Crippen molar-refractivity contribution in [1.82, 2.24) is 9.80 Å². The number of nitrogens with zero attached hydrogens (tertiary/aromatic N) is 2. The Balaban J connectivity index is 2.58. The van der Waals surface area contributed by atoms with Crippen molar-refractivity contribution in [3.63, 3.8) is 0 Å². The highest BCUT2D eigenvalue weighted by atomic mass is 16.2. The standard InChI is InChI=1S/C13H20N2O/c1-4-15(5-2)13(16)14(3)11-12-9-7-6-8-10-12/h6-10H,4-5,11H2,1-3H3. The Morgan fingerprint density at radius 3 is 2.19 bits per heavy atom. The number of amides is 2. The zero-order chi connectivity index (χ0) is 12.0. The molecule has 0 saturated carbocycles. The molecule has 0 aliphatic carbocycles. The number of carbonyl (C=O) groups excluding carboxylic acids is 1. The van der Waals surface area contributed by atoms with Crippen molar-refractivity contribution in [1.29, 1.82) is 0 Å². The largest absolute Gasteiger partial charge is 0.325 e. The smallest absolute Gasteiger partial charge is 0.320 e. The van der Waals surface area contributed by atoms with Crippen LogP contribution in [0, 0.1) is 0 Å². The van der Waals surface area contributed by atoms with E-state index in [-0.39, 0.29) is 6.03 Å². The zero-order valence-corrected chi connectivity index (χ0v) is 10.3. The molecule has 0 bridgehead atoms. The van der Waals surface area contributed by atoms with E-state index in [1.165, 1.54) is 0 Å². The van der Waals surface area contributed by atoms with Gasteiger partial charge in [0, 0.05) is 26.7 Å². The number of hydrogen-bond donors (Lipinski definition) is 0. The normalized spacial score (nSPS) is 9.94. The van der Waals surface area contributed by atoms with E-state index in [1.807, 2.05) is 56.1 Å². The average molecular weight is 220 g/mol. The summed E-state index contributed by atoms with van der Waals surface area (Å²) in [4.78, 5) is 15.5. The first-order valence-corrected chi connectivity index (χ1v) is 5.73. The summed E-state index contributed by atoms with van der Waals surface area (Å²) in [5, 5.41) is 0. The van der Waals surface area contributed by atoms with Crippen LogP contribution in [0.25, 0.3) is 0 Å². The molecule has 0 N–H and O–H groups in total. The van der Waals surface area contributed by atoms with Gasteiger partial charge in [0.2, 0.25) is 0 Å². The number of carbonyl (C=O) groups is 1. The Bertz CT molecular complexity index is 320. The molecular weight excluding hydrogens is 200 g/mol. The first kappa shape index (κ1) is 12.6. The predicted molar refractivity (Wildman–Crippen MR) is 66.2 cm³/mol. The molecule has 1 aromatic carbocycles. The zero-order valence-electron chi connectivity index (χ0n) is 10.3. The molecule has 1 rings (SSSR count). The third-order valence-corrected chi connectivity index (χ3v) is 2.62. The molecule has 0 aromatic heterocycles. The molecule has 0 aliphatic rings. The first-order valence-electron chi connectivity index (χ1n) is 5.73. The van der Waals surface area contributed by atoms with Crippen molar-refractivity contribution < 1.29 is 4.79 Å². The third kappa shape index (κ3) is 3.26. The van der Waals surface area contributed by atoms with Crippen LogP contribution in [0.3, 0.4) is 0 Å². The summed E-state index contributed by atoms with van der Waals surface area (Å²) in [6.45, 7) is 6.18. The minimum atomic E-state index is 0.0915. The number of rotatable bonds is 4. The van der Waals surface area contributed by atoms with Gasteiger partial charge in [0.05, 0.1) is 0 Å². The fourth-order valence-electron chi connectivity index (χ4n) is 1.66. The van der Waals surface area contributed by atoms with Crippen molar-refractivity contribution in [2.45, 2.75) is 20.4 Å². The van der Waals surface area contributed by atoms with Gasteiger partial charge in [0.15, 0.2) is 0 Å². The number of hydrogen-bond acceptors (Lipinski definition) is 1. The molecule has 0 aliphatic heterocycles. The van der Waals surface area contributed by atoms with Gasteiger partial charge in [-0.1, -0.05) is 30.3 Å². The third-order valence-electron chi connectivity index (χ3n) is 2.62. The molecule has 2 amide bonds. The van der Waals surface area contributed by atoms with Gasteiger partial charge in [-0.25, -0.2) is 4.79 Å². The molecule has 0 heterocycles. The molecular formula is C13H20N2O. The van der Waals surface area contributed by atoms with Crippen molar-refractivity contribution in [3.8, 4) is 0 Å². The van der Waals surface area contributed by atoms with Gasteiger partial charge >= 0.3 is 6.03 Å². The number of urea groups is 1. The molecule has 16 heavy (non-hydrogen) atoms. The van der Waals surface area contributed by atoms with E-state index in [9.17, 15) is 4.79 Å². The van der Waals surface area contributed by atoms with Gasteiger partial charge in [-0.2, -0.15) is 0 Å². The highest BCUT2D eigenvalue weighted by Crippen LogP contribution is 2.05. The second kappa shape index (κ2) is 6.16. The Labute approximate surface area is 97.7 Å². The Morgan fingerprint density at radius 1 is 1.12 bits per heavy atom. The Morgan fingerprint density at radius 2 is 1.69 bits per heavy atom. The molecule has 0 spiro atoms. The summed E-state index contributed by atoms with van der Waals surface area (Å²) in [6.07, 6.45) is 0. The summed E-state index contributed by atoms with van der Waals surface area (Å²) < 4.78 is 0. The molecule has 0 atom stereocenters. The summed E-state index contributed by atoms with van der Waals surface area (Å²) >= 11 is 0. The second-order valence-electron chi connectivity index (χ2n) is 3.80. The van der Waals surface area contributed by atoms with Crippen LogP contribution in [0.15, 0.2) is 30.3 Å². The molecule has 0 unspecified atom stereocenters. The van der Waals surface area contributed by atoms with E-state index in [0.717, 1.165) is 18.7 Å². The van der Waals surface area contributed by atoms with E-state index in [0.29, 0.717) is 6.54 Å². The van der Waals surface area contributed by atoms with Crippen LogP contribution in [0.1, 0.15) is 19.4 Å². The van der Waals surface area contributed by atoms with E-state index in [2.05, 4.69) is 0 Å². The van der Waals surface area contributed by atoms with E-state index in [4.69, 9.17) is 0 Å². The van der Waals surface area contributed by atoms with Crippen LogP contribution >= 0.6 is 0 Å². The van der Waals surface area contributed by atoms with E-state index < -0.39 is 0 Å². The van der Waals surface area contributed by atoms with Gasteiger partial charge in [-0.3, -0.25) is 0 Å². The summed E-state index contributed by atoms with van der Waals surface area (Å²) in [5.41, 5.74) is 1.16. The first-order chi connectivity index (χ1) is 7.69. The topological polar surface area (TPSA) is 23.6 Å². The van der Waals surface area contributed by atoms with Crippen LogP contribution in [0.4, 0.5) is 4.79 Å². The molecule has 1 aromatic rings. The molecule has 3 heteroatoms. The predicted octanol–water partition coefficient (Wildman–Crippen LogP) is 2.58. The molecule has 0 saturated heterocycles. The molecule has 88 valence electrons. The maximum Gasteiger partial charge on any atom is 0.320 e. The van der Waals surface area contributed by atoms with Crippen LogP contribution in [-0.4, -0.2) is 36.0 Å². The lowest BCUT2D eigenvalue weighted by Crippen LogP contribution is -2.40. The lowest BCUT2D eigenvalue weighted by atomic mass is 10.2. The van der Waals surface area contributed by atoms with Gasteiger partial charge in [-0.15, -0.1) is 0 Å². The van der Waals surface area contributed by atoms with Gasteiger partial charge in [0.1, 0.15) is 0 Å². The fraction of sp³-hybridized carbons (Fsp3) is 0.462. The Kier molecular flexibility index (Phi) is 4.83. The summed E-state index contributed by atoms with van der Waals surface area (Å²) in [6, 6.07) is 10.1. The van der Waals surface area contributed by atoms with Crippen molar-refractivity contribution in [2.75, 3.05) is 20.1 Å². The van der Waals surface area contributed by atoms with Gasteiger partial charge < -0.3 is 9.80 Å². The maximum absolute atomic E-state index is 12.0. The van der Waals surface area contributed by atoms with Crippen LogP contribution in [0.5, 0.6) is 0 Å². The lowest BCUT2D eigenvalue weighted by molar-refractivity contribution is 0.165. The quantitative estimate of drug-likeness (QED) is 0.765. The summed E-state index contributed by atoms with van der Waals surface area (Å²) in [7, 11) is 1.84. The van der Waals surface area contributed by atoms with Crippen LogP contribution in [-0.2, 0) is 6.54 Å². The fourth-order valence-corrected chi connectivity index (χ4v) is 1.66.